The van der Waals surface area contributed by atoms with Gasteiger partial charge in [0.2, 0.25) is 0 Å². The summed E-state index contributed by atoms with van der Waals surface area (Å²) in [5, 5.41) is 2.91. The minimum Gasteiger partial charge on any atom is -0.171 e. The van der Waals surface area contributed by atoms with Gasteiger partial charge in [-0.3, -0.25) is 0 Å². The van der Waals surface area contributed by atoms with Gasteiger partial charge < -0.3 is 0 Å². The van der Waals surface area contributed by atoms with Crippen molar-refractivity contribution in [3.05, 3.63) is 47.5 Å². The fourth-order valence-corrected chi connectivity index (χ4v) is 1.80. The highest BCUT2D eigenvalue weighted by Crippen LogP contribution is 2.24. The molecule has 0 N–H and O–H groups in total. The zero-order chi connectivity index (χ0) is 10.1. The molecule has 72 valence electrons. The van der Waals surface area contributed by atoms with E-state index in [1.54, 1.807) is 0 Å². The number of rotatable bonds is 1. The van der Waals surface area contributed by atoms with Gasteiger partial charge in [0, 0.05) is 5.25 Å². The first-order chi connectivity index (χ1) is 6.66. The molecule has 1 atom stereocenters. The maximum atomic E-state index is 4.43. The fourth-order valence-electron chi connectivity index (χ4n) is 1.64. The van der Waals surface area contributed by atoms with Crippen LogP contribution in [0.15, 0.2) is 36.4 Å². The summed E-state index contributed by atoms with van der Waals surface area (Å²) in [4.78, 5) is 0. The van der Waals surface area contributed by atoms with Gasteiger partial charge in [-0.2, -0.15) is 12.6 Å². The third-order valence-electron chi connectivity index (χ3n) is 2.50. The van der Waals surface area contributed by atoms with Crippen LogP contribution in [-0.4, -0.2) is 0 Å². The predicted molar refractivity (Wildman–Crippen MR) is 66.1 cm³/mol. The van der Waals surface area contributed by atoms with Crippen LogP contribution in [-0.2, 0) is 0 Å². The summed E-state index contributed by atoms with van der Waals surface area (Å²) >= 11 is 4.43. The molecule has 0 heterocycles. The highest BCUT2D eigenvalue weighted by Gasteiger charge is 2.00. The predicted octanol–water partition coefficient (Wildman–Crippen LogP) is 4.14. The van der Waals surface area contributed by atoms with E-state index in [1.165, 1.54) is 21.9 Å². The van der Waals surface area contributed by atoms with Crippen molar-refractivity contribution in [2.45, 2.75) is 19.1 Å². The number of thiol groups is 1. The Hall–Kier alpha value is -0.950. The van der Waals surface area contributed by atoms with Crippen molar-refractivity contribution < 1.29 is 0 Å². The van der Waals surface area contributed by atoms with Gasteiger partial charge in [-0.15, -0.1) is 0 Å². The summed E-state index contributed by atoms with van der Waals surface area (Å²) in [6.45, 7) is 4.22. The molecule has 1 heteroatoms. The number of benzene rings is 2. The van der Waals surface area contributed by atoms with E-state index >= 15 is 0 Å². The van der Waals surface area contributed by atoms with Crippen molar-refractivity contribution in [1.29, 1.82) is 0 Å². The van der Waals surface area contributed by atoms with Crippen molar-refractivity contribution in [3.63, 3.8) is 0 Å². The number of fused-ring (bicyclic) bond motifs is 1. The molecule has 0 radical (unpaired) electrons. The minimum atomic E-state index is 0.306. The molecular formula is C13H14S. The second-order valence-corrected chi connectivity index (χ2v) is 4.56. The fraction of sp³-hybridized carbons (Fsp3) is 0.231. The summed E-state index contributed by atoms with van der Waals surface area (Å²) in [6.07, 6.45) is 0. The van der Waals surface area contributed by atoms with E-state index in [-0.39, 0.29) is 0 Å². The molecule has 1 unspecified atom stereocenters. The molecule has 0 bridgehead atoms. The van der Waals surface area contributed by atoms with Crippen LogP contribution in [0.25, 0.3) is 10.8 Å². The Kier molecular flexibility index (Phi) is 2.51. The van der Waals surface area contributed by atoms with Gasteiger partial charge in [-0.05, 0) is 30.2 Å². The molecule has 0 aliphatic heterocycles. The number of hydrogen-bond acceptors (Lipinski definition) is 1. The Morgan fingerprint density at radius 3 is 2.36 bits per heavy atom. The molecule has 0 saturated heterocycles. The topological polar surface area (TPSA) is 0 Å². The highest BCUT2D eigenvalue weighted by molar-refractivity contribution is 7.80. The summed E-state index contributed by atoms with van der Waals surface area (Å²) in [5.74, 6) is 0. The average molecular weight is 202 g/mol. The molecule has 0 aliphatic carbocycles. The van der Waals surface area contributed by atoms with E-state index in [1.807, 2.05) is 0 Å². The lowest BCUT2D eigenvalue weighted by Crippen LogP contribution is -1.84. The third-order valence-corrected chi connectivity index (χ3v) is 2.80. The molecule has 14 heavy (non-hydrogen) atoms. The molecule has 0 amide bonds. The molecule has 0 spiro atoms. The van der Waals surface area contributed by atoms with E-state index in [2.05, 4.69) is 62.9 Å². The SMILES string of the molecule is Cc1ccc2cc(C(C)S)ccc2c1. The van der Waals surface area contributed by atoms with Crippen molar-refractivity contribution in [2.24, 2.45) is 0 Å². The number of aryl methyl sites for hydroxylation is 1. The van der Waals surface area contributed by atoms with Gasteiger partial charge in [0.15, 0.2) is 0 Å². The minimum absolute atomic E-state index is 0.306. The van der Waals surface area contributed by atoms with Crippen molar-refractivity contribution in [3.8, 4) is 0 Å². The zero-order valence-corrected chi connectivity index (χ0v) is 9.38. The molecule has 0 aliphatic rings. The lowest BCUT2D eigenvalue weighted by Gasteiger charge is -2.06. The van der Waals surface area contributed by atoms with Crippen LogP contribution in [0.2, 0.25) is 0 Å². The molecule has 0 nitrogen and oxygen atoms in total. The molecule has 2 rings (SSSR count). The van der Waals surface area contributed by atoms with Crippen molar-refractivity contribution >= 4 is 23.4 Å². The van der Waals surface area contributed by atoms with Gasteiger partial charge in [0.1, 0.15) is 0 Å². The number of hydrogen-bond donors (Lipinski definition) is 1. The van der Waals surface area contributed by atoms with Gasteiger partial charge in [0.25, 0.3) is 0 Å². The van der Waals surface area contributed by atoms with Crippen LogP contribution >= 0.6 is 12.6 Å². The van der Waals surface area contributed by atoms with Crippen LogP contribution in [0, 0.1) is 6.92 Å². The van der Waals surface area contributed by atoms with Crippen LogP contribution in [0.5, 0.6) is 0 Å². The summed E-state index contributed by atoms with van der Waals surface area (Å²) in [7, 11) is 0. The maximum Gasteiger partial charge on any atom is 0.0239 e. The van der Waals surface area contributed by atoms with E-state index in [4.69, 9.17) is 0 Å². The van der Waals surface area contributed by atoms with Gasteiger partial charge in [-0.25, -0.2) is 0 Å². The average Bonchev–Trinajstić information content (AvgIpc) is 2.16. The van der Waals surface area contributed by atoms with E-state index in [9.17, 15) is 0 Å². The molecule has 2 aromatic carbocycles. The molecular weight excluding hydrogens is 188 g/mol. The Bertz CT molecular complexity index is 458. The normalized spacial score (nSPS) is 13.1. The monoisotopic (exact) mass is 202 g/mol. The first kappa shape index (κ1) is 9.60. The van der Waals surface area contributed by atoms with Crippen molar-refractivity contribution in [1.82, 2.24) is 0 Å². The zero-order valence-electron chi connectivity index (χ0n) is 8.49. The lowest BCUT2D eigenvalue weighted by molar-refractivity contribution is 1.12. The highest BCUT2D eigenvalue weighted by atomic mass is 32.1. The van der Waals surface area contributed by atoms with Crippen LogP contribution in [0.1, 0.15) is 23.3 Å². The Labute approximate surface area is 90.4 Å². The smallest absolute Gasteiger partial charge is 0.0239 e. The van der Waals surface area contributed by atoms with Gasteiger partial charge >= 0.3 is 0 Å². The quantitative estimate of drug-likeness (QED) is 0.660. The van der Waals surface area contributed by atoms with Crippen LogP contribution < -0.4 is 0 Å². The standard InChI is InChI=1S/C13H14S/c1-9-3-4-13-8-11(10(2)14)5-6-12(13)7-9/h3-8,10,14H,1-2H3. The third kappa shape index (κ3) is 1.78. The van der Waals surface area contributed by atoms with E-state index in [0.29, 0.717) is 5.25 Å². The summed E-state index contributed by atoms with van der Waals surface area (Å²) < 4.78 is 0. The first-order valence-corrected chi connectivity index (χ1v) is 5.37. The molecule has 2 aromatic rings. The maximum absolute atomic E-state index is 4.43. The van der Waals surface area contributed by atoms with Crippen molar-refractivity contribution in [2.75, 3.05) is 0 Å². The second-order valence-electron chi connectivity index (χ2n) is 3.79. The van der Waals surface area contributed by atoms with Gasteiger partial charge in [-0.1, -0.05) is 42.0 Å². The van der Waals surface area contributed by atoms with Gasteiger partial charge in [0.05, 0.1) is 0 Å². The van der Waals surface area contributed by atoms with Crippen LogP contribution in [0.3, 0.4) is 0 Å². The van der Waals surface area contributed by atoms with E-state index < -0.39 is 0 Å². The van der Waals surface area contributed by atoms with Crippen LogP contribution in [0.4, 0.5) is 0 Å². The first-order valence-electron chi connectivity index (χ1n) is 4.85. The molecule has 0 fully saturated rings. The molecule has 0 aromatic heterocycles. The summed E-state index contributed by atoms with van der Waals surface area (Å²) in [5.41, 5.74) is 2.59. The molecule has 0 saturated carbocycles. The second kappa shape index (κ2) is 3.66. The largest absolute Gasteiger partial charge is 0.171 e. The Morgan fingerprint density at radius 2 is 1.64 bits per heavy atom. The lowest BCUT2D eigenvalue weighted by atomic mass is 10.0. The Morgan fingerprint density at radius 1 is 1.00 bits per heavy atom. The Balaban J connectivity index is 2.62. The van der Waals surface area contributed by atoms with E-state index in [0.717, 1.165) is 0 Å². The summed E-state index contributed by atoms with van der Waals surface area (Å²) in [6, 6.07) is 13.1.